The third kappa shape index (κ3) is 3.38. The predicted molar refractivity (Wildman–Crippen MR) is 83.2 cm³/mol. The van der Waals surface area contributed by atoms with E-state index in [4.69, 9.17) is 0 Å². The quantitative estimate of drug-likeness (QED) is 0.822. The Morgan fingerprint density at radius 2 is 2.11 bits per heavy atom. The van der Waals surface area contributed by atoms with Crippen LogP contribution in [0.5, 0.6) is 0 Å². The van der Waals surface area contributed by atoms with E-state index in [1.54, 1.807) is 0 Å². The molecule has 1 N–H and O–H groups in total. The molecule has 104 valence electrons. The molecule has 1 aromatic carbocycles. The van der Waals surface area contributed by atoms with Gasteiger partial charge in [0.05, 0.1) is 0 Å². The van der Waals surface area contributed by atoms with E-state index in [9.17, 15) is 4.79 Å². The monoisotopic (exact) mass is 323 g/mol. The molecule has 1 aromatic rings. The molecule has 1 aliphatic rings. The molecular weight excluding hydrogens is 302 g/mol. The molecule has 1 unspecified atom stereocenters. The van der Waals surface area contributed by atoms with Gasteiger partial charge in [-0.05, 0) is 48.9 Å². The first-order valence-electron chi connectivity index (χ1n) is 6.97. The van der Waals surface area contributed by atoms with Crippen molar-refractivity contribution in [1.29, 1.82) is 0 Å². The van der Waals surface area contributed by atoms with E-state index in [0.717, 1.165) is 28.6 Å². The molecule has 1 amide bonds. The fraction of sp³-hybridized carbons (Fsp3) is 0.562. The summed E-state index contributed by atoms with van der Waals surface area (Å²) in [6.45, 7) is 6.46. The Hall–Kier alpha value is -0.830. The van der Waals surface area contributed by atoms with Gasteiger partial charge in [-0.25, -0.2) is 0 Å². The average molecular weight is 324 g/mol. The van der Waals surface area contributed by atoms with Crippen LogP contribution >= 0.6 is 15.9 Å². The standard InChI is InChI=1S/C16H22BrNO/c1-11-10-12(7-8-14(11)17)18-15(19)13-6-4-5-9-16(13,2)3/h7-8,10,13H,4-6,9H2,1-3H3,(H,18,19). The van der Waals surface area contributed by atoms with Gasteiger partial charge in [-0.1, -0.05) is 42.6 Å². The Morgan fingerprint density at radius 1 is 1.37 bits per heavy atom. The summed E-state index contributed by atoms with van der Waals surface area (Å²) in [6.07, 6.45) is 4.56. The minimum Gasteiger partial charge on any atom is -0.326 e. The van der Waals surface area contributed by atoms with Crippen molar-refractivity contribution in [3.63, 3.8) is 0 Å². The molecule has 0 heterocycles. The Labute approximate surface area is 124 Å². The first-order chi connectivity index (χ1) is 8.90. The SMILES string of the molecule is Cc1cc(NC(=O)C2CCCCC2(C)C)ccc1Br. The van der Waals surface area contributed by atoms with E-state index in [2.05, 4.69) is 35.1 Å². The molecule has 0 spiro atoms. The normalized spacial score (nSPS) is 22.0. The lowest BCUT2D eigenvalue weighted by Crippen LogP contribution is -2.37. The molecule has 0 aliphatic heterocycles. The van der Waals surface area contributed by atoms with Crippen molar-refractivity contribution >= 4 is 27.5 Å². The largest absolute Gasteiger partial charge is 0.326 e. The van der Waals surface area contributed by atoms with Crippen LogP contribution in [-0.2, 0) is 4.79 Å². The number of hydrogen-bond donors (Lipinski definition) is 1. The van der Waals surface area contributed by atoms with Gasteiger partial charge < -0.3 is 5.32 Å². The van der Waals surface area contributed by atoms with Crippen LogP contribution < -0.4 is 5.32 Å². The summed E-state index contributed by atoms with van der Waals surface area (Å²) >= 11 is 3.48. The van der Waals surface area contributed by atoms with Crippen molar-refractivity contribution in [1.82, 2.24) is 0 Å². The number of carbonyl (C=O) groups excluding carboxylic acids is 1. The topological polar surface area (TPSA) is 29.1 Å². The van der Waals surface area contributed by atoms with Crippen LogP contribution in [0.3, 0.4) is 0 Å². The third-order valence-electron chi connectivity index (χ3n) is 4.25. The van der Waals surface area contributed by atoms with Gasteiger partial charge in [-0.15, -0.1) is 0 Å². The van der Waals surface area contributed by atoms with Crippen molar-refractivity contribution in [3.05, 3.63) is 28.2 Å². The highest BCUT2D eigenvalue weighted by atomic mass is 79.9. The number of aryl methyl sites for hydroxylation is 1. The molecule has 0 bridgehead atoms. The Kier molecular flexibility index (Phi) is 4.34. The van der Waals surface area contributed by atoms with Gasteiger partial charge in [0.1, 0.15) is 0 Å². The number of benzene rings is 1. The van der Waals surface area contributed by atoms with Crippen molar-refractivity contribution in [2.24, 2.45) is 11.3 Å². The molecule has 2 nitrogen and oxygen atoms in total. The number of rotatable bonds is 2. The summed E-state index contributed by atoms with van der Waals surface area (Å²) in [5, 5.41) is 3.08. The van der Waals surface area contributed by atoms with Crippen LogP contribution in [0, 0.1) is 18.3 Å². The van der Waals surface area contributed by atoms with E-state index >= 15 is 0 Å². The highest BCUT2D eigenvalue weighted by Crippen LogP contribution is 2.41. The molecule has 19 heavy (non-hydrogen) atoms. The average Bonchev–Trinajstić information content (AvgIpc) is 2.33. The number of anilines is 1. The molecule has 0 radical (unpaired) electrons. The third-order valence-corrected chi connectivity index (χ3v) is 5.14. The van der Waals surface area contributed by atoms with Gasteiger partial charge in [0, 0.05) is 16.1 Å². The van der Waals surface area contributed by atoms with Crippen LogP contribution in [0.1, 0.15) is 45.1 Å². The highest BCUT2D eigenvalue weighted by Gasteiger charge is 2.37. The number of hydrogen-bond acceptors (Lipinski definition) is 1. The lowest BCUT2D eigenvalue weighted by atomic mass is 9.68. The summed E-state index contributed by atoms with van der Waals surface area (Å²) in [5.74, 6) is 0.302. The maximum Gasteiger partial charge on any atom is 0.228 e. The first kappa shape index (κ1) is 14.6. The van der Waals surface area contributed by atoms with Gasteiger partial charge in [0.2, 0.25) is 5.91 Å². The van der Waals surface area contributed by atoms with Gasteiger partial charge in [-0.3, -0.25) is 4.79 Å². The zero-order valence-electron chi connectivity index (χ0n) is 11.9. The van der Waals surface area contributed by atoms with E-state index < -0.39 is 0 Å². The predicted octanol–water partition coefficient (Wildman–Crippen LogP) is 4.91. The maximum atomic E-state index is 12.5. The first-order valence-corrected chi connectivity index (χ1v) is 7.76. The summed E-state index contributed by atoms with van der Waals surface area (Å²) in [4.78, 5) is 12.5. The number of amides is 1. The van der Waals surface area contributed by atoms with Crippen LogP contribution in [0.4, 0.5) is 5.69 Å². The van der Waals surface area contributed by atoms with Crippen LogP contribution in [-0.4, -0.2) is 5.91 Å². The van der Waals surface area contributed by atoms with E-state index in [-0.39, 0.29) is 17.2 Å². The molecule has 1 fully saturated rings. The second kappa shape index (κ2) is 5.66. The fourth-order valence-electron chi connectivity index (χ4n) is 2.93. The Bertz CT molecular complexity index is 482. The minimum atomic E-state index is 0.118. The number of nitrogens with one attached hydrogen (secondary N) is 1. The van der Waals surface area contributed by atoms with E-state index in [1.165, 1.54) is 12.8 Å². The molecule has 1 atom stereocenters. The van der Waals surface area contributed by atoms with E-state index in [1.807, 2.05) is 25.1 Å². The van der Waals surface area contributed by atoms with Gasteiger partial charge in [0.25, 0.3) is 0 Å². The molecule has 2 rings (SSSR count). The number of carbonyl (C=O) groups is 1. The zero-order chi connectivity index (χ0) is 14.0. The summed E-state index contributed by atoms with van der Waals surface area (Å²) in [5.41, 5.74) is 2.15. The van der Waals surface area contributed by atoms with Crippen molar-refractivity contribution in [2.75, 3.05) is 5.32 Å². The van der Waals surface area contributed by atoms with Gasteiger partial charge in [0.15, 0.2) is 0 Å². The smallest absolute Gasteiger partial charge is 0.228 e. The summed E-state index contributed by atoms with van der Waals surface area (Å²) < 4.78 is 1.07. The zero-order valence-corrected chi connectivity index (χ0v) is 13.5. The van der Waals surface area contributed by atoms with Crippen molar-refractivity contribution in [2.45, 2.75) is 46.5 Å². The lowest BCUT2D eigenvalue weighted by Gasteiger charge is -2.37. The maximum absolute atomic E-state index is 12.5. The van der Waals surface area contributed by atoms with Gasteiger partial charge >= 0.3 is 0 Å². The number of halogens is 1. The Balaban J connectivity index is 2.09. The fourth-order valence-corrected chi connectivity index (χ4v) is 3.18. The van der Waals surface area contributed by atoms with E-state index in [0.29, 0.717) is 0 Å². The minimum absolute atomic E-state index is 0.118. The molecule has 1 aliphatic carbocycles. The molecular formula is C16H22BrNO. The molecule has 0 aromatic heterocycles. The van der Waals surface area contributed by atoms with Gasteiger partial charge in [-0.2, -0.15) is 0 Å². The van der Waals surface area contributed by atoms with Crippen LogP contribution in [0.15, 0.2) is 22.7 Å². The summed E-state index contributed by atoms with van der Waals surface area (Å²) in [7, 11) is 0. The molecule has 0 saturated heterocycles. The highest BCUT2D eigenvalue weighted by molar-refractivity contribution is 9.10. The van der Waals surface area contributed by atoms with Crippen molar-refractivity contribution < 1.29 is 4.79 Å². The van der Waals surface area contributed by atoms with Crippen molar-refractivity contribution in [3.8, 4) is 0 Å². The lowest BCUT2D eigenvalue weighted by molar-refractivity contribution is -0.124. The van der Waals surface area contributed by atoms with Crippen LogP contribution in [0.2, 0.25) is 0 Å². The molecule has 3 heteroatoms. The second-order valence-corrected chi connectivity index (χ2v) is 7.09. The van der Waals surface area contributed by atoms with Crippen LogP contribution in [0.25, 0.3) is 0 Å². The molecule has 1 saturated carbocycles. The summed E-state index contributed by atoms with van der Waals surface area (Å²) in [6, 6.07) is 5.94. The second-order valence-electron chi connectivity index (χ2n) is 6.24. The Morgan fingerprint density at radius 3 is 2.74 bits per heavy atom.